The van der Waals surface area contributed by atoms with Gasteiger partial charge < -0.3 is 0 Å². The third-order valence-electron chi connectivity index (χ3n) is 9.97. The first-order chi connectivity index (χ1) is 25.8. The second kappa shape index (κ2) is 12.4. The van der Waals surface area contributed by atoms with Gasteiger partial charge in [0.25, 0.3) is 0 Å². The summed E-state index contributed by atoms with van der Waals surface area (Å²) in [4.78, 5) is 20.2. The van der Waals surface area contributed by atoms with Crippen LogP contribution in [0, 0.1) is 0 Å². The third-order valence-corrected chi connectivity index (χ3v) is 9.97. The first kappa shape index (κ1) is 29.8. The van der Waals surface area contributed by atoms with Crippen LogP contribution in [0.4, 0.5) is 0 Å². The highest BCUT2D eigenvalue weighted by Crippen LogP contribution is 2.41. The predicted molar refractivity (Wildman–Crippen MR) is 215 cm³/mol. The summed E-state index contributed by atoms with van der Waals surface area (Å²) < 4.78 is 0. The summed E-state index contributed by atoms with van der Waals surface area (Å²) in [6.45, 7) is 0. The maximum atomic E-state index is 5.22. The molecule has 0 saturated carbocycles. The minimum atomic E-state index is 0.625. The van der Waals surface area contributed by atoms with Crippen LogP contribution < -0.4 is 0 Å². The largest absolute Gasteiger partial charge is 0.256 e. The molecule has 0 unspecified atom stereocenters. The van der Waals surface area contributed by atoms with Crippen molar-refractivity contribution in [2.24, 2.45) is 0 Å². The van der Waals surface area contributed by atoms with Crippen molar-refractivity contribution in [1.82, 2.24) is 19.9 Å². The van der Waals surface area contributed by atoms with Gasteiger partial charge in [-0.3, -0.25) is 4.98 Å². The maximum absolute atomic E-state index is 5.22. The molecule has 2 heterocycles. The highest BCUT2D eigenvalue weighted by Gasteiger charge is 2.19. The molecule has 8 aromatic carbocycles. The van der Waals surface area contributed by atoms with Gasteiger partial charge in [-0.25, -0.2) is 15.0 Å². The van der Waals surface area contributed by atoms with E-state index in [1.54, 1.807) is 0 Å². The van der Waals surface area contributed by atoms with Crippen LogP contribution in [0.25, 0.3) is 99.6 Å². The number of fused-ring (bicyclic) bond motifs is 6. The molecule has 0 aliphatic carbocycles. The van der Waals surface area contributed by atoms with Gasteiger partial charge in [0, 0.05) is 28.3 Å². The Morgan fingerprint density at radius 3 is 1.73 bits per heavy atom. The van der Waals surface area contributed by atoms with Crippen LogP contribution >= 0.6 is 0 Å². The first-order valence-corrected chi connectivity index (χ1v) is 17.5. The van der Waals surface area contributed by atoms with Crippen LogP contribution in [0.5, 0.6) is 0 Å². The second-order valence-electron chi connectivity index (χ2n) is 13.1. The average molecular weight is 663 g/mol. The number of pyridine rings is 1. The lowest BCUT2D eigenvalue weighted by Crippen LogP contribution is -2.01. The van der Waals surface area contributed by atoms with E-state index in [1.807, 2.05) is 18.3 Å². The smallest absolute Gasteiger partial charge is 0.164 e. The van der Waals surface area contributed by atoms with Gasteiger partial charge in [-0.15, -0.1) is 0 Å². The summed E-state index contributed by atoms with van der Waals surface area (Å²) >= 11 is 0. The highest BCUT2D eigenvalue weighted by atomic mass is 15.0. The average Bonchev–Trinajstić information content (AvgIpc) is 3.23. The summed E-state index contributed by atoms with van der Waals surface area (Å²) in [5.74, 6) is 1.89. The lowest BCUT2D eigenvalue weighted by molar-refractivity contribution is 1.07. The first-order valence-electron chi connectivity index (χ1n) is 17.5. The Balaban J connectivity index is 1.20. The molecule has 10 aromatic rings. The van der Waals surface area contributed by atoms with Crippen LogP contribution in [-0.4, -0.2) is 19.9 Å². The number of hydrogen-bond acceptors (Lipinski definition) is 4. The van der Waals surface area contributed by atoms with E-state index >= 15 is 0 Å². The van der Waals surface area contributed by atoms with Crippen molar-refractivity contribution < 1.29 is 0 Å². The topological polar surface area (TPSA) is 51.6 Å². The zero-order chi connectivity index (χ0) is 34.4. The van der Waals surface area contributed by atoms with Crippen molar-refractivity contribution in [1.29, 1.82) is 0 Å². The molecule has 0 saturated heterocycles. The van der Waals surface area contributed by atoms with Crippen molar-refractivity contribution in [2.75, 3.05) is 0 Å². The van der Waals surface area contributed by atoms with Crippen molar-refractivity contribution in [3.05, 3.63) is 182 Å². The molecular weight excluding hydrogens is 633 g/mol. The molecule has 0 aliphatic rings. The Kier molecular flexibility index (Phi) is 7.10. The number of benzene rings is 8. The number of rotatable bonds is 5. The van der Waals surface area contributed by atoms with Gasteiger partial charge in [-0.05, 0) is 78.8 Å². The normalized spacial score (nSPS) is 11.5. The van der Waals surface area contributed by atoms with E-state index in [1.165, 1.54) is 32.5 Å². The summed E-state index contributed by atoms with van der Waals surface area (Å²) in [7, 11) is 0. The standard InChI is InChI=1S/C48H30N4/c1-2-11-31(12-3-1)33-20-23-34(24-21-33)46-50-47(36-25-22-32-13-4-5-14-35(32)29-36)52-48(51-46)42-18-9-8-17-39(42)43-30-44-40(37-15-6-7-16-38(37)43)26-27-45-41(44)19-10-28-49-45/h1-30H. The Bertz CT molecular complexity index is 2950. The van der Waals surface area contributed by atoms with Crippen LogP contribution in [0.3, 0.4) is 0 Å². The quantitative estimate of drug-likeness (QED) is 0.172. The van der Waals surface area contributed by atoms with E-state index in [-0.39, 0.29) is 0 Å². The van der Waals surface area contributed by atoms with E-state index in [2.05, 4.69) is 169 Å². The molecule has 242 valence electrons. The van der Waals surface area contributed by atoms with Crippen LogP contribution in [0.2, 0.25) is 0 Å². The minimum Gasteiger partial charge on any atom is -0.256 e. The molecule has 0 radical (unpaired) electrons. The fourth-order valence-electron chi connectivity index (χ4n) is 7.40. The zero-order valence-electron chi connectivity index (χ0n) is 28.1. The zero-order valence-corrected chi connectivity index (χ0v) is 28.1. The Labute approximate surface area is 300 Å². The fourth-order valence-corrected chi connectivity index (χ4v) is 7.40. The van der Waals surface area contributed by atoms with Gasteiger partial charge in [0.05, 0.1) is 5.52 Å². The van der Waals surface area contributed by atoms with Gasteiger partial charge in [0.1, 0.15) is 0 Å². The lowest BCUT2D eigenvalue weighted by Gasteiger charge is -2.16. The fraction of sp³-hybridized carbons (Fsp3) is 0. The lowest BCUT2D eigenvalue weighted by atomic mass is 9.89. The van der Waals surface area contributed by atoms with Crippen LogP contribution in [-0.2, 0) is 0 Å². The molecule has 2 aromatic heterocycles. The molecule has 10 rings (SSSR count). The SMILES string of the molecule is c1ccc(-c2ccc(-c3nc(-c4ccc5ccccc5c4)nc(-c4ccccc4-c4cc5c6cccnc6ccc5c5ccccc45)n3)cc2)cc1. The molecule has 4 nitrogen and oxygen atoms in total. The monoisotopic (exact) mass is 662 g/mol. The van der Waals surface area contributed by atoms with Gasteiger partial charge in [0.15, 0.2) is 17.5 Å². The van der Waals surface area contributed by atoms with Gasteiger partial charge in [-0.2, -0.15) is 0 Å². The molecule has 4 heteroatoms. The van der Waals surface area contributed by atoms with E-state index in [0.29, 0.717) is 17.5 Å². The van der Waals surface area contributed by atoms with Gasteiger partial charge in [-0.1, -0.05) is 152 Å². The van der Waals surface area contributed by atoms with E-state index < -0.39 is 0 Å². The molecule has 0 N–H and O–H groups in total. The minimum absolute atomic E-state index is 0.625. The van der Waals surface area contributed by atoms with Crippen molar-refractivity contribution >= 4 is 43.2 Å². The van der Waals surface area contributed by atoms with Crippen molar-refractivity contribution in [2.45, 2.75) is 0 Å². The Morgan fingerprint density at radius 2 is 0.885 bits per heavy atom. The maximum Gasteiger partial charge on any atom is 0.164 e. The van der Waals surface area contributed by atoms with E-state index in [0.717, 1.165) is 49.7 Å². The summed E-state index contributed by atoms with van der Waals surface area (Å²) in [5, 5.41) is 8.19. The molecule has 0 aliphatic heterocycles. The van der Waals surface area contributed by atoms with Crippen molar-refractivity contribution in [3.63, 3.8) is 0 Å². The summed E-state index contributed by atoms with van der Waals surface area (Å²) in [6, 6.07) is 61.6. The molecule has 0 atom stereocenters. The van der Waals surface area contributed by atoms with Crippen LogP contribution in [0.1, 0.15) is 0 Å². The molecule has 0 fully saturated rings. The molecular formula is C48H30N4. The second-order valence-corrected chi connectivity index (χ2v) is 13.1. The van der Waals surface area contributed by atoms with Crippen LogP contribution in [0.15, 0.2) is 182 Å². The number of nitrogens with zero attached hydrogens (tertiary/aromatic N) is 4. The number of hydrogen-bond donors (Lipinski definition) is 0. The third kappa shape index (κ3) is 5.17. The molecule has 0 spiro atoms. The van der Waals surface area contributed by atoms with Crippen molar-refractivity contribution in [3.8, 4) is 56.4 Å². The number of aromatic nitrogens is 4. The van der Waals surface area contributed by atoms with Gasteiger partial charge >= 0.3 is 0 Å². The molecule has 0 bridgehead atoms. The molecule has 52 heavy (non-hydrogen) atoms. The van der Waals surface area contributed by atoms with E-state index in [4.69, 9.17) is 15.0 Å². The predicted octanol–water partition coefficient (Wildman–Crippen LogP) is 12.2. The summed E-state index contributed by atoms with van der Waals surface area (Å²) in [6.07, 6.45) is 1.85. The Morgan fingerprint density at radius 1 is 0.288 bits per heavy atom. The van der Waals surface area contributed by atoms with Gasteiger partial charge in [0.2, 0.25) is 0 Å². The molecule has 0 amide bonds. The van der Waals surface area contributed by atoms with E-state index in [9.17, 15) is 0 Å². The summed E-state index contributed by atoms with van der Waals surface area (Å²) in [5.41, 5.74) is 8.28. The Hall–Kier alpha value is -7.04. The highest BCUT2D eigenvalue weighted by molar-refractivity contribution is 6.21.